The van der Waals surface area contributed by atoms with Gasteiger partial charge in [-0.15, -0.1) is 0 Å². The van der Waals surface area contributed by atoms with E-state index in [1.54, 1.807) is 0 Å². The number of halogens is 2. The zero-order chi connectivity index (χ0) is 21.2. The fourth-order valence-corrected chi connectivity index (χ4v) is 5.48. The first-order valence-corrected chi connectivity index (χ1v) is 17.0. The molecule has 0 amide bonds. The molecule has 0 saturated carbocycles. The molecule has 0 nitrogen and oxygen atoms in total. The van der Waals surface area contributed by atoms with Gasteiger partial charge in [0.25, 0.3) is 0 Å². The van der Waals surface area contributed by atoms with Crippen LogP contribution in [0.3, 0.4) is 0 Å². The molecule has 2 aliphatic carbocycles. The Labute approximate surface area is 202 Å². The van der Waals surface area contributed by atoms with Crippen LogP contribution in [0.15, 0.2) is 97.1 Å². The minimum absolute atomic E-state index is 0.507. The van der Waals surface area contributed by atoms with Gasteiger partial charge in [0, 0.05) is 11.8 Å². The average molecular weight is 521 g/mol. The van der Waals surface area contributed by atoms with Crippen molar-refractivity contribution in [2.75, 3.05) is 0 Å². The Hall–Kier alpha value is -1.66. The van der Waals surface area contributed by atoms with Crippen molar-refractivity contribution in [2.45, 2.75) is 24.7 Å². The molecule has 0 fully saturated rings. The maximum absolute atomic E-state index is 4.93. The molecule has 152 valence electrons. The Morgan fingerprint density at radius 3 is 0.935 bits per heavy atom. The van der Waals surface area contributed by atoms with Gasteiger partial charge in [0.05, 0.1) is 0 Å². The Balaban J connectivity index is 0.000000646. The van der Waals surface area contributed by atoms with E-state index >= 15 is 0 Å². The quantitative estimate of drug-likeness (QED) is 0.253. The molecule has 2 aliphatic rings. The van der Waals surface area contributed by atoms with Crippen LogP contribution < -0.4 is 0 Å². The second kappa shape index (κ2) is 9.45. The van der Waals surface area contributed by atoms with Gasteiger partial charge < -0.3 is 0 Å². The van der Waals surface area contributed by atoms with Gasteiger partial charge in [0.2, 0.25) is 0 Å². The van der Waals surface area contributed by atoms with Crippen LogP contribution in [0.2, 0.25) is 0 Å². The molecule has 4 aromatic rings. The van der Waals surface area contributed by atoms with Gasteiger partial charge in [-0.1, -0.05) is 97.1 Å². The molecule has 4 aromatic carbocycles. The van der Waals surface area contributed by atoms with Crippen LogP contribution in [0.25, 0.3) is 22.3 Å². The summed E-state index contributed by atoms with van der Waals surface area (Å²) in [4.78, 5) is 0. The van der Waals surface area contributed by atoms with E-state index in [0.29, 0.717) is 11.8 Å². The van der Waals surface area contributed by atoms with E-state index in [4.69, 9.17) is 17.0 Å². The second-order valence-corrected chi connectivity index (χ2v) is 11.8. The molecule has 0 atom stereocenters. The van der Waals surface area contributed by atoms with Crippen molar-refractivity contribution < 1.29 is 20.8 Å². The predicted octanol–water partition coefficient (Wildman–Crippen LogP) is 8.77. The van der Waals surface area contributed by atoms with Crippen molar-refractivity contribution >= 4 is 17.0 Å². The molecule has 0 bridgehead atoms. The molecule has 31 heavy (non-hydrogen) atoms. The first kappa shape index (κ1) is 21.2. The SMILES string of the molecule is [Cl][Zr][Cl].c1ccc2c(c1)-c1ccccc1C2CCC1c2ccccc2-c2ccccc21. The molecular formula is C28H22Cl2Zr. The largest absolute Gasteiger partial charge is 0.0619 e. The molecule has 0 heterocycles. The fraction of sp³-hybridized carbons (Fsp3) is 0.143. The molecule has 0 aromatic heterocycles. The number of hydrogen-bond acceptors (Lipinski definition) is 0. The summed E-state index contributed by atoms with van der Waals surface area (Å²) in [5, 5.41) is 0. The van der Waals surface area contributed by atoms with Crippen molar-refractivity contribution in [3.8, 4) is 22.3 Å². The van der Waals surface area contributed by atoms with Gasteiger partial charge >= 0.3 is 37.9 Å². The van der Waals surface area contributed by atoms with E-state index in [9.17, 15) is 0 Å². The Kier molecular flexibility index (Phi) is 6.47. The summed E-state index contributed by atoms with van der Waals surface area (Å²) in [6, 6.07) is 35.9. The zero-order valence-corrected chi connectivity index (χ0v) is 21.0. The van der Waals surface area contributed by atoms with Crippen molar-refractivity contribution in [2.24, 2.45) is 0 Å². The van der Waals surface area contributed by atoms with Crippen LogP contribution in [0.1, 0.15) is 46.9 Å². The van der Waals surface area contributed by atoms with Crippen LogP contribution >= 0.6 is 17.0 Å². The smallest absolute Gasteiger partial charge is 0.0102 e. The molecule has 0 N–H and O–H groups in total. The second-order valence-electron chi connectivity index (χ2n) is 8.10. The van der Waals surface area contributed by atoms with Crippen molar-refractivity contribution in [1.29, 1.82) is 0 Å². The molecule has 3 heteroatoms. The molecule has 0 radical (unpaired) electrons. The monoisotopic (exact) mass is 518 g/mol. The van der Waals surface area contributed by atoms with E-state index < -0.39 is 20.8 Å². The van der Waals surface area contributed by atoms with Crippen LogP contribution in [0.4, 0.5) is 0 Å². The standard InChI is InChI=1S/C28H22.2ClH.Zr/c1-5-13-23-19(9-1)20-10-2-6-14-24(20)27(23)17-18-28-25-15-7-3-11-21(25)22-12-4-8-16-26(22)28;;;/h1-16,27-28H,17-18H2;2*1H;/q;;;+2/p-2. The fourth-order valence-electron chi connectivity index (χ4n) is 5.48. The van der Waals surface area contributed by atoms with Crippen molar-refractivity contribution in [1.82, 2.24) is 0 Å². The molecule has 0 spiro atoms. The van der Waals surface area contributed by atoms with Crippen LogP contribution in [0.5, 0.6) is 0 Å². The third-order valence-electron chi connectivity index (χ3n) is 6.67. The summed E-state index contributed by atoms with van der Waals surface area (Å²) in [6.07, 6.45) is 2.36. The number of benzene rings is 4. The van der Waals surface area contributed by atoms with Gasteiger partial charge in [-0.2, -0.15) is 0 Å². The van der Waals surface area contributed by atoms with E-state index in [1.165, 1.54) is 57.3 Å². The van der Waals surface area contributed by atoms with Gasteiger partial charge in [0.15, 0.2) is 0 Å². The van der Waals surface area contributed by atoms with Crippen LogP contribution in [-0.2, 0) is 20.8 Å². The Morgan fingerprint density at radius 1 is 0.452 bits per heavy atom. The molecule has 0 unspecified atom stereocenters. The summed E-state index contributed by atoms with van der Waals surface area (Å²) >= 11 is -0.826. The number of fused-ring (bicyclic) bond motifs is 6. The average Bonchev–Trinajstić information content (AvgIpc) is 3.31. The Bertz CT molecular complexity index is 1030. The summed E-state index contributed by atoms with van der Waals surface area (Å²) in [5.41, 5.74) is 11.7. The molecule has 6 rings (SSSR count). The van der Waals surface area contributed by atoms with Gasteiger partial charge in [-0.25, -0.2) is 0 Å². The van der Waals surface area contributed by atoms with Crippen LogP contribution in [0, 0.1) is 0 Å². The number of hydrogen-bond donors (Lipinski definition) is 0. The molecule has 0 saturated heterocycles. The summed E-state index contributed by atoms with van der Waals surface area (Å²) in [7, 11) is 9.87. The zero-order valence-electron chi connectivity index (χ0n) is 17.1. The summed E-state index contributed by atoms with van der Waals surface area (Å²) < 4.78 is 0. The third-order valence-corrected chi connectivity index (χ3v) is 6.67. The van der Waals surface area contributed by atoms with E-state index in [2.05, 4.69) is 97.1 Å². The molecule has 0 aliphatic heterocycles. The van der Waals surface area contributed by atoms with Gasteiger partial charge in [-0.05, 0) is 57.3 Å². The van der Waals surface area contributed by atoms with Crippen LogP contribution in [-0.4, -0.2) is 0 Å². The van der Waals surface area contributed by atoms with E-state index in [1.807, 2.05) is 0 Å². The molecular weight excluding hydrogens is 498 g/mol. The maximum atomic E-state index is 4.93. The maximum Gasteiger partial charge on any atom is 0.0102 e. The minimum Gasteiger partial charge on any atom is -0.0619 e. The van der Waals surface area contributed by atoms with Gasteiger partial charge in [-0.3, -0.25) is 0 Å². The van der Waals surface area contributed by atoms with Crippen molar-refractivity contribution in [3.05, 3.63) is 119 Å². The normalized spacial score (nSPS) is 13.5. The van der Waals surface area contributed by atoms with Crippen molar-refractivity contribution in [3.63, 3.8) is 0 Å². The Morgan fingerprint density at radius 2 is 0.677 bits per heavy atom. The van der Waals surface area contributed by atoms with E-state index in [0.717, 1.165) is 0 Å². The first-order valence-electron chi connectivity index (χ1n) is 10.7. The first-order chi connectivity index (χ1) is 15.3. The van der Waals surface area contributed by atoms with E-state index in [-0.39, 0.29) is 0 Å². The predicted molar refractivity (Wildman–Crippen MR) is 128 cm³/mol. The van der Waals surface area contributed by atoms with Gasteiger partial charge in [0.1, 0.15) is 0 Å². The topological polar surface area (TPSA) is 0 Å². The number of rotatable bonds is 3. The minimum atomic E-state index is -0.826. The third kappa shape index (κ3) is 3.86. The summed E-state index contributed by atoms with van der Waals surface area (Å²) in [6.45, 7) is 0. The summed E-state index contributed by atoms with van der Waals surface area (Å²) in [5.74, 6) is 1.01.